The molecule has 0 bridgehead atoms. The van der Waals surface area contributed by atoms with Crippen molar-refractivity contribution in [1.82, 2.24) is 69.6 Å². The number of halogens is 7. The Balaban J connectivity index is 0.000000516. The summed E-state index contributed by atoms with van der Waals surface area (Å²) in [6.45, 7) is 41.8. The zero-order valence-corrected chi connectivity index (χ0v) is 84.3. The van der Waals surface area contributed by atoms with Gasteiger partial charge in [0, 0.05) is 98.0 Å². The van der Waals surface area contributed by atoms with Crippen LogP contribution >= 0.6 is 81.2 Å². The normalized spacial score (nSPS) is 12.8. The Bertz CT molecular complexity index is 4710. The molecule has 8 aromatic heterocycles. The van der Waals surface area contributed by atoms with Gasteiger partial charge in [0.15, 0.2) is 22.6 Å². The summed E-state index contributed by atoms with van der Waals surface area (Å²) in [7, 11) is 7.47. The zero-order valence-electron chi connectivity index (χ0n) is 79.0. The van der Waals surface area contributed by atoms with Crippen LogP contribution in [0.1, 0.15) is 213 Å². The summed E-state index contributed by atoms with van der Waals surface area (Å²) in [5.74, 6) is 5.10. The van der Waals surface area contributed by atoms with E-state index in [9.17, 15) is 15.3 Å². The predicted molar refractivity (Wildman–Crippen MR) is 532 cm³/mol. The first-order valence-electron chi connectivity index (χ1n) is 43.1. The number of fused-ring (bicyclic) bond motifs is 4. The van der Waals surface area contributed by atoms with Gasteiger partial charge in [-0.25, -0.2) is 44.9 Å². The molecule has 0 saturated carbocycles. The Morgan fingerprint density at radius 2 is 0.750 bits per heavy atom. The molecule has 37 heteroatoms. The highest BCUT2D eigenvalue weighted by atomic mass is 35.5. The number of nitrogens with two attached hydrogens (primary N) is 3. The SMILES string of the molecule is CCCC[C@@](C)(N)CO.CCCC[C@](C)(CO)Nc1nc(Cl)nc2cc(Cl)cnc12.CCCC[C@](C)(CO)Nc1nc(N)nc2cc(Cl)cnc12.CCCC[C@](C)(CO)Nc1nc(NCc2ccc(OC)cc2OC)nc2cc(Cl)cnc12.CCN(C(C)C)C(C)C.CCN(C(C)C)C(C)C.CO.COc1ccc(CN)c(OC)c1.Clc1cnc2c(Cl)nc(Cl)nc2c1. The number of anilines is 5. The number of pyridine rings is 4. The number of ether oxygens (including phenoxy) is 4. The second-order valence-electron chi connectivity index (χ2n) is 32.2. The van der Waals surface area contributed by atoms with Crippen LogP contribution in [0.25, 0.3) is 44.1 Å². The standard InChI is InChI=1S/C23H30ClN5O3.C14H18Cl2N4O.C14H20ClN5O.C9H13NO2.2C8H19N.C7H2Cl3N3.C7H17NO.CH4O/c1-5-6-9-23(2,14-30)29-21-20-18(10-16(24)13-25-20)27-22(28-21)26-12-15-7-8-17(31-3)11-19(15)32-4;2*1-3-4-5-14(2,8-21)20-12-11-10(18-13(16)19-12)6-9(15)7-17-11;1-11-8-4-3-7(6-10)9(5-8)12-2;2*1-6-9(7(2)3)8(4)5;8-3-1-4-5(11-2-3)6(9)13-7(10)12-4;1-3-4-5-7(2,8)6-9;1-2/h7-8,10-11,13,30H,5-6,9,12,14H2,1-4H3,(H2,26,27,28,29);6-7,21H,3-5,8H2,1-2H3,(H,18,19,20);6-7,21H,3-5,8H2,1-2H3,(H3,16,18,19,20);3-5H,6,10H2,1-2H3;2*7-8H,6H2,1-5H3;1-2H;9H,3-6,8H2,1-2H3;2H,1H3/t23-;2*14-;;;;;7-;/m111....1./s1. The molecule has 8 heterocycles. The van der Waals surface area contributed by atoms with Gasteiger partial charge in [-0.1, -0.05) is 157 Å². The number of aliphatic hydroxyl groups is 5. The average Bonchev–Trinajstić information content (AvgIpc) is 0.800. The quantitative estimate of drug-likeness (QED) is 0.0128. The lowest BCUT2D eigenvalue weighted by molar-refractivity contribution is 0.185. The van der Waals surface area contributed by atoms with Crippen LogP contribution in [0.3, 0.4) is 0 Å². The first-order valence-corrected chi connectivity index (χ1v) is 45.7. The fraction of sp³-hybridized carbons (Fsp3) is 0.560. The third-order valence-electron chi connectivity index (χ3n) is 20.0. The third-order valence-corrected chi connectivity index (χ3v) is 21.4. The summed E-state index contributed by atoms with van der Waals surface area (Å²) in [5, 5.41) is 60.6. The van der Waals surface area contributed by atoms with Gasteiger partial charge in [-0.3, -0.25) is 9.80 Å². The molecule has 0 radical (unpaired) electrons. The summed E-state index contributed by atoms with van der Waals surface area (Å²) in [5.41, 5.74) is 21.5. The van der Waals surface area contributed by atoms with Crippen LogP contribution < -0.4 is 57.4 Å². The molecular formula is C91H142Cl7N21O9. The minimum Gasteiger partial charge on any atom is -0.497 e. The van der Waals surface area contributed by atoms with Gasteiger partial charge in [0.05, 0.1) is 114 Å². The molecular weight excluding hydrogens is 1780 g/mol. The summed E-state index contributed by atoms with van der Waals surface area (Å²) >= 11 is 41.1. The van der Waals surface area contributed by atoms with Crippen LogP contribution in [-0.4, -0.2) is 217 Å². The third kappa shape index (κ3) is 40.6. The van der Waals surface area contributed by atoms with Gasteiger partial charge in [-0.05, 0) is 188 Å². The highest BCUT2D eigenvalue weighted by Gasteiger charge is 2.29. The highest BCUT2D eigenvalue weighted by Crippen LogP contribution is 2.33. The van der Waals surface area contributed by atoms with E-state index in [0.29, 0.717) is 131 Å². The Kier molecular flexibility index (Phi) is 54.8. The molecule has 0 saturated heterocycles. The van der Waals surface area contributed by atoms with E-state index < -0.39 is 16.6 Å². The number of nitrogens with zero attached hydrogens (tertiary/aromatic N) is 14. The Morgan fingerprint density at radius 3 is 1.09 bits per heavy atom. The van der Waals surface area contributed by atoms with E-state index in [4.69, 9.17) is 128 Å². The minimum atomic E-state index is -0.533. The second kappa shape index (κ2) is 60.3. The molecule has 2 aromatic carbocycles. The van der Waals surface area contributed by atoms with Crippen molar-refractivity contribution in [2.24, 2.45) is 11.5 Å². The number of aliphatic hydroxyl groups excluding tert-OH is 5. The lowest BCUT2D eigenvalue weighted by Gasteiger charge is -2.29. The molecule has 0 aliphatic heterocycles. The molecule has 0 aliphatic rings. The second-order valence-corrected chi connectivity index (χ2v) is 35.0. The van der Waals surface area contributed by atoms with Crippen molar-refractivity contribution in [3.05, 3.63) is 132 Å². The van der Waals surface area contributed by atoms with Crippen LogP contribution in [0.15, 0.2) is 85.5 Å². The van der Waals surface area contributed by atoms with E-state index in [1.54, 1.807) is 58.9 Å². The lowest BCUT2D eigenvalue weighted by atomic mass is 9.96. The molecule has 10 aromatic rings. The Morgan fingerprint density at radius 1 is 0.414 bits per heavy atom. The van der Waals surface area contributed by atoms with Crippen molar-refractivity contribution < 1.29 is 44.5 Å². The number of rotatable bonds is 36. The van der Waals surface area contributed by atoms with Gasteiger partial charge >= 0.3 is 0 Å². The average molecular weight is 1920 g/mol. The molecule has 128 heavy (non-hydrogen) atoms. The van der Waals surface area contributed by atoms with E-state index in [1.807, 2.05) is 64.1 Å². The fourth-order valence-electron chi connectivity index (χ4n) is 12.9. The molecule has 0 amide bonds. The maximum Gasteiger partial charge on any atom is 0.225 e. The van der Waals surface area contributed by atoms with Gasteiger partial charge in [-0.15, -0.1) is 0 Å². The van der Waals surface area contributed by atoms with E-state index in [-0.39, 0.29) is 53.6 Å². The molecule has 30 nitrogen and oxygen atoms in total. The summed E-state index contributed by atoms with van der Waals surface area (Å²) in [6.07, 6.45) is 17.8. The lowest BCUT2D eigenvalue weighted by Crippen LogP contribution is -2.39. The number of methoxy groups -OCH3 is 4. The molecule has 15 N–H and O–H groups in total. The predicted octanol–water partition coefficient (Wildman–Crippen LogP) is 19.9. The maximum atomic E-state index is 10.0. The Hall–Kier alpha value is -7.73. The number of aromatic nitrogens is 12. The number of nitrogen functional groups attached to an aromatic ring is 1. The molecule has 0 aliphatic carbocycles. The first-order chi connectivity index (χ1) is 60.6. The van der Waals surface area contributed by atoms with Crippen molar-refractivity contribution >= 4 is 155 Å². The van der Waals surface area contributed by atoms with Gasteiger partial charge < -0.3 is 82.9 Å². The maximum absolute atomic E-state index is 10.0. The van der Waals surface area contributed by atoms with E-state index >= 15 is 0 Å². The van der Waals surface area contributed by atoms with Crippen molar-refractivity contribution in [3.8, 4) is 23.0 Å². The van der Waals surface area contributed by atoms with Crippen molar-refractivity contribution in [1.29, 1.82) is 0 Å². The van der Waals surface area contributed by atoms with Gasteiger partial charge in [0.25, 0.3) is 0 Å². The van der Waals surface area contributed by atoms with Gasteiger partial charge in [0.1, 0.15) is 45.1 Å². The van der Waals surface area contributed by atoms with E-state index in [2.05, 4.69) is 188 Å². The number of hydrogen-bond acceptors (Lipinski definition) is 30. The van der Waals surface area contributed by atoms with Crippen molar-refractivity contribution in [3.63, 3.8) is 0 Å². The van der Waals surface area contributed by atoms with Gasteiger partial charge in [0.2, 0.25) is 22.5 Å². The van der Waals surface area contributed by atoms with Crippen molar-refractivity contribution in [2.75, 3.05) is 102 Å². The molecule has 0 unspecified atom stereocenters. The minimum absolute atomic E-state index is 0.00795. The van der Waals surface area contributed by atoms with Gasteiger partial charge in [-0.2, -0.15) is 15.0 Å². The van der Waals surface area contributed by atoms with Crippen LogP contribution in [0, 0.1) is 0 Å². The fourth-order valence-corrected chi connectivity index (χ4v) is 14.1. The number of hydrogen-bond donors (Lipinski definition) is 12. The van der Waals surface area contributed by atoms with Crippen LogP contribution in [0.5, 0.6) is 23.0 Å². The highest BCUT2D eigenvalue weighted by molar-refractivity contribution is 6.36. The Labute approximate surface area is 793 Å². The number of benzene rings is 2. The molecule has 714 valence electrons. The molecule has 10 rings (SSSR count). The number of nitrogens with one attached hydrogen (secondary N) is 4. The summed E-state index contributed by atoms with van der Waals surface area (Å²) in [6, 6.07) is 20.7. The first kappa shape index (κ1) is 116. The largest absolute Gasteiger partial charge is 0.497 e. The monoisotopic (exact) mass is 1920 g/mol. The topological polar surface area (TPSA) is 425 Å². The summed E-state index contributed by atoms with van der Waals surface area (Å²) < 4.78 is 20.9. The molecule has 0 spiro atoms. The van der Waals surface area contributed by atoms with E-state index in [0.717, 1.165) is 126 Å². The molecule has 4 atom stereocenters. The van der Waals surface area contributed by atoms with Crippen LogP contribution in [0.4, 0.5) is 29.4 Å². The molecule has 0 fully saturated rings. The van der Waals surface area contributed by atoms with Crippen molar-refractivity contribution in [2.45, 2.75) is 261 Å². The smallest absolute Gasteiger partial charge is 0.225 e. The zero-order chi connectivity index (χ0) is 96.7. The number of unbranched alkanes of at least 4 members (excludes halogenated alkanes) is 4. The summed E-state index contributed by atoms with van der Waals surface area (Å²) in [4.78, 5) is 55.4. The van der Waals surface area contributed by atoms with Crippen LogP contribution in [-0.2, 0) is 13.1 Å². The van der Waals surface area contributed by atoms with E-state index in [1.165, 1.54) is 18.6 Å². The van der Waals surface area contributed by atoms with Crippen LogP contribution in [0.2, 0.25) is 35.8 Å².